The van der Waals surface area contributed by atoms with E-state index < -0.39 is 11.8 Å². The van der Waals surface area contributed by atoms with E-state index >= 15 is 0 Å². The molecule has 1 heterocycles. The Hall–Kier alpha value is -3.61. The average molecular weight is 494 g/mol. The first-order valence-corrected chi connectivity index (χ1v) is 11.3. The molecule has 3 aromatic rings. The number of nitrogens with one attached hydrogen (secondary N) is 2. The Balaban J connectivity index is 1.46. The van der Waals surface area contributed by atoms with Gasteiger partial charge in [0.05, 0.1) is 5.69 Å². The minimum Gasteiger partial charge on any atom is -0.350 e. The van der Waals surface area contributed by atoms with E-state index in [-0.39, 0.29) is 16.6 Å². The first kappa shape index (κ1) is 23.5. The van der Waals surface area contributed by atoms with Gasteiger partial charge in [-0.2, -0.15) is 0 Å². The van der Waals surface area contributed by atoms with Crippen molar-refractivity contribution in [2.24, 2.45) is 0 Å². The fourth-order valence-corrected chi connectivity index (χ4v) is 3.78. The highest BCUT2D eigenvalue weighted by molar-refractivity contribution is 6.53. The second-order valence-electron chi connectivity index (χ2n) is 8.04. The number of amides is 3. The number of rotatable bonds is 6. The number of hydrogen-bond donors (Lipinski definition) is 2. The summed E-state index contributed by atoms with van der Waals surface area (Å²) < 4.78 is 0. The van der Waals surface area contributed by atoms with Crippen LogP contribution in [0, 0.1) is 0 Å². The SMILES string of the molecule is CC(C)c1ccc(N2C(=O)C(Cl)=C(Nc3ccc(C(=O)Nc4ccc(Cl)cc4)cc3)C2=O)cc1. The second kappa shape index (κ2) is 9.71. The number of benzene rings is 3. The number of nitrogens with zero attached hydrogens (tertiary/aromatic N) is 1. The van der Waals surface area contributed by atoms with Crippen LogP contribution in [0.15, 0.2) is 83.5 Å². The van der Waals surface area contributed by atoms with Crippen LogP contribution < -0.4 is 15.5 Å². The lowest BCUT2D eigenvalue weighted by Gasteiger charge is -2.16. The molecule has 0 fully saturated rings. The van der Waals surface area contributed by atoms with Crippen molar-refractivity contribution in [3.63, 3.8) is 0 Å². The fourth-order valence-electron chi connectivity index (χ4n) is 3.44. The molecule has 0 atom stereocenters. The van der Waals surface area contributed by atoms with E-state index in [9.17, 15) is 14.4 Å². The Morgan fingerprint density at radius 2 is 1.38 bits per heavy atom. The molecule has 4 rings (SSSR count). The van der Waals surface area contributed by atoms with Gasteiger partial charge in [0.1, 0.15) is 10.7 Å². The molecule has 6 nitrogen and oxygen atoms in total. The van der Waals surface area contributed by atoms with Gasteiger partial charge in [-0.15, -0.1) is 0 Å². The molecule has 172 valence electrons. The summed E-state index contributed by atoms with van der Waals surface area (Å²) in [6.45, 7) is 4.13. The zero-order valence-electron chi connectivity index (χ0n) is 18.4. The molecule has 2 N–H and O–H groups in total. The van der Waals surface area contributed by atoms with Crippen LogP contribution in [0.5, 0.6) is 0 Å². The Morgan fingerprint density at radius 3 is 1.97 bits per heavy atom. The van der Waals surface area contributed by atoms with Crippen molar-refractivity contribution in [1.29, 1.82) is 0 Å². The third-order valence-electron chi connectivity index (χ3n) is 5.36. The van der Waals surface area contributed by atoms with E-state index in [1.807, 2.05) is 12.1 Å². The molecule has 0 saturated carbocycles. The van der Waals surface area contributed by atoms with E-state index in [0.29, 0.717) is 33.6 Å². The van der Waals surface area contributed by atoms with Gasteiger partial charge < -0.3 is 10.6 Å². The van der Waals surface area contributed by atoms with Gasteiger partial charge in [0.15, 0.2) is 0 Å². The summed E-state index contributed by atoms with van der Waals surface area (Å²) in [4.78, 5) is 39.2. The van der Waals surface area contributed by atoms with Gasteiger partial charge in [-0.05, 0) is 72.1 Å². The molecule has 0 unspecified atom stereocenters. The molecule has 3 amide bonds. The maximum atomic E-state index is 13.0. The number of hydrogen-bond acceptors (Lipinski definition) is 4. The van der Waals surface area contributed by atoms with Crippen molar-refractivity contribution < 1.29 is 14.4 Å². The summed E-state index contributed by atoms with van der Waals surface area (Å²) in [6, 6.07) is 20.5. The summed E-state index contributed by atoms with van der Waals surface area (Å²) in [5, 5.41) is 6.07. The van der Waals surface area contributed by atoms with Crippen molar-refractivity contribution in [2.45, 2.75) is 19.8 Å². The van der Waals surface area contributed by atoms with E-state index in [1.54, 1.807) is 60.7 Å². The predicted molar refractivity (Wildman–Crippen MR) is 135 cm³/mol. The minimum absolute atomic E-state index is 0.0158. The molecular weight excluding hydrogens is 473 g/mol. The molecule has 0 bridgehead atoms. The Bertz CT molecular complexity index is 1280. The number of carbonyl (C=O) groups is 3. The van der Waals surface area contributed by atoms with Gasteiger partial charge in [-0.25, -0.2) is 4.90 Å². The summed E-state index contributed by atoms with van der Waals surface area (Å²) in [5.41, 5.74) is 3.07. The highest BCUT2D eigenvalue weighted by atomic mass is 35.5. The van der Waals surface area contributed by atoms with Crippen molar-refractivity contribution in [1.82, 2.24) is 0 Å². The van der Waals surface area contributed by atoms with Crippen LogP contribution in [0.4, 0.5) is 17.1 Å². The molecule has 3 aromatic carbocycles. The summed E-state index contributed by atoms with van der Waals surface area (Å²) in [6.07, 6.45) is 0. The topological polar surface area (TPSA) is 78.5 Å². The van der Waals surface area contributed by atoms with Gasteiger partial charge in [0.2, 0.25) is 0 Å². The van der Waals surface area contributed by atoms with Gasteiger partial charge in [0.25, 0.3) is 17.7 Å². The van der Waals surface area contributed by atoms with Gasteiger partial charge in [-0.3, -0.25) is 14.4 Å². The summed E-state index contributed by atoms with van der Waals surface area (Å²) >= 11 is 12.1. The van der Waals surface area contributed by atoms with E-state index in [1.165, 1.54) is 0 Å². The van der Waals surface area contributed by atoms with Crippen LogP contribution in [0.2, 0.25) is 5.02 Å². The Kier molecular flexibility index (Phi) is 6.72. The zero-order chi connectivity index (χ0) is 24.4. The summed E-state index contributed by atoms with van der Waals surface area (Å²) in [5.74, 6) is -1.11. The number of imide groups is 1. The highest BCUT2D eigenvalue weighted by Gasteiger charge is 2.38. The molecule has 8 heteroatoms. The molecule has 0 saturated heterocycles. The first-order chi connectivity index (χ1) is 16.2. The lowest BCUT2D eigenvalue weighted by molar-refractivity contribution is -0.120. The number of halogens is 2. The maximum Gasteiger partial charge on any atom is 0.283 e. The van der Waals surface area contributed by atoms with Crippen molar-refractivity contribution in [2.75, 3.05) is 15.5 Å². The minimum atomic E-state index is -0.592. The third-order valence-corrected chi connectivity index (χ3v) is 5.97. The van der Waals surface area contributed by atoms with Crippen LogP contribution in [0.25, 0.3) is 0 Å². The van der Waals surface area contributed by atoms with Crippen molar-refractivity contribution in [3.05, 3.63) is 99.7 Å². The molecule has 1 aliphatic heterocycles. The van der Waals surface area contributed by atoms with Crippen molar-refractivity contribution in [3.8, 4) is 0 Å². The maximum absolute atomic E-state index is 13.0. The molecule has 0 aliphatic carbocycles. The first-order valence-electron chi connectivity index (χ1n) is 10.6. The fraction of sp³-hybridized carbons (Fsp3) is 0.115. The van der Waals surface area contributed by atoms with Crippen molar-refractivity contribution >= 4 is 58.0 Å². The predicted octanol–water partition coefficient (Wildman–Crippen LogP) is 6.15. The van der Waals surface area contributed by atoms with E-state index in [2.05, 4.69) is 24.5 Å². The smallest absolute Gasteiger partial charge is 0.283 e. The molecular formula is C26H21Cl2N3O3. The normalized spacial score (nSPS) is 13.6. The molecule has 0 spiro atoms. The van der Waals surface area contributed by atoms with Crippen LogP contribution in [-0.4, -0.2) is 17.7 Å². The van der Waals surface area contributed by atoms with Gasteiger partial charge in [0, 0.05) is 22.0 Å². The van der Waals surface area contributed by atoms with E-state index in [4.69, 9.17) is 23.2 Å². The van der Waals surface area contributed by atoms with E-state index in [0.717, 1.165) is 10.5 Å². The van der Waals surface area contributed by atoms with Gasteiger partial charge in [-0.1, -0.05) is 49.2 Å². The Morgan fingerprint density at radius 1 is 0.794 bits per heavy atom. The van der Waals surface area contributed by atoms with Crippen LogP contribution in [-0.2, 0) is 9.59 Å². The van der Waals surface area contributed by atoms with Crippen LogP contribution in [0.3, 0.4) is 0 Å². The summed E-state index contributed by atoms with van der Waals surface area (Å²) in [7, 11) is 0. The standard InChI is InChI=1S/C26H21Cl2N3O3/c1-15(2)16-5-13-21(14-6-16)31-25(33)22(28)23(26(31)34)29-19-9-3-17(4-10-19)24(32)30-20-11-7-18(27)8-12-20/h3-15,29H,1-2H3,(H,30,32). The Labute approximate surface area is 207 Å². The molecule has 0 radical (unpaired) electrons. The second-order valence-corrected chi connectivity index (χ2v) is 8.86. The zero-order valence-corrected chi connectivity index (χ0v) is 19.9. The number of anilines is 3. The van der Waals surface area contributed by atoms with Gasteiger partial charge >= 0.3 is 0 Å². The van der Waals surface area contributed by atoms with Crippen LogP contribution in [0.1, 0.15) is 35.7 Å². The molecule has 0 aromatic heterocycles. The largest absolute Gasteiger partial charge is 0.350 e. The lowest BCUT2D eigenvalue weighted by Crippen LogP contribution is -2.32. The molecule has 1 aliphatic rings. The lowest BCUT2D eigenvalue weighted by atomic mass is 10.0. The molecule has 34 heavy (non-hydrogen) atoms. The monoisotopic (exact) mass is 493 g/mol. The third kappa shape index (κ3) is 4.83. The quantitative estimate of drug-likeness (QED) is 0.403. The number of carbonyl (C=O) groups excluding carboxylic acids is 3. The average Bonchev–Trinajstić information content (AvgIpc) is 3.04. The highest BCUT2D eigenvalue weighted by Crippen LogP contribution is 2.31. The van der Waals surface area contributed by atoms with Crippen LogP contribution >= 0.6 is 23.2 Å².